The van der Waals surface area contributed by atoms with E-state index in [9.17, 15) is 30.1 Å². The molecule has 0 spiro atoms. The van der Waals surface area contributed by atoms with Crippen LogP contribution in [-0.4, -0.2) is 38.6 Å². The highest BCUT2D eigenvalue weighted by molar-refractivity contribution is 6.05. The largest absolute Gasteiger partial charge is 0.465 e. The summed E-state index contributed by atoms with van der Waals surface area (Å²) in [6.07, 6.45) is -0.455. The summed E-state index contributed by atoms with van der Waals surface area (Å²) in [6.45, 7) is 1.13. The molecule has 1 aliphatic rings. The molecular weight excluding hydrogens is 358 g/mol. The van der Waals surface area contributed by atoms with E-state index in [1.54, 1.807) is 0 Å². The molecular formula is C16H11N5O6. The maximum atomic E-state index is 12.6. The molecule has 1 aromatic carbocycles. The standard InChI is InChI=1S/C16H11N5O6/c1-9-11(6-17)7-19(16(23)24)15(22)20(9)14-13(27-8-18-14)10-2-4-12(5-3-10)21(25)26/h2-5,8H,7H2,1H3,(H,23,24). The first-order chi connectivity index (χ1) is 12.8. The zero-order chi connectivity index (χ0) is 19.7. The lowest BCUT2D eigenvalue weighted by molar-refractivity contribution is -0.384. The van der Waals surface area contributed by atoms with Gasteiger partial charge in [-0.15, -0.1) is 0 Å². The molecule has 0 radical (unpaired) electrons. The molecule has 0 aliphatic carbocycles. The van der Waals surface area contributed by atoms with E-state index in [4.69, 9.17) is 4.42 Å². The highest BCUT2D eigenvalue weighted by Crippen LogP contribution is 2.35. The maximum absolute atomic E-state index is 12.6. The zero-order valence-electron chi connectivity index (χ0n) is 13.8. The van der Waals surface area contributed by atoms with Crippen molar-refractivity contribution in [3.05, 3.63) is 52.0 Å². The minimum atomic E-state index is -1.51. The highest BCUT2D eigenvalue weighted by Gasteiger charge is 2.38. The van der Waals surface area contributed by atoms with Crippen molar-refractivity contribution >= 4 is 23.6 Å². The number of non-ortho nitro benzene ring substituents is 1. The Morgan fingerprint density at radius 1 is 1.41 bits per heavy atom. The summed E-state index contributed by atoms with van der Waals surface area (Å²) in [7, 11) is 0. The van der Waals surface area contributed by atoms with Crippen LogP contribution in [0.1, 0.15) is 6.92 Å². The molecule has 1 aliphatic heterocycles. The SMILES string of the molecule is CC1=C(C#N)CN(C(=O)O)C(=O)N1c1ncoc1-c1ccc([N+](=O)[O-])cc1. The zero-order valence-corrected chi connectivity index (χ0v) is 13.8. The van der Waals surface area contributed by atoms with Gasteiger partial charge in [0, 0.05) is 23.4 Å². The number of aromatic nitrogens is 1. The number of carboxylic acid groups (broad SMARTS) is 1. The number of hydrogen-bond donors (Lipinski definition) is 1. The molecule has 2 heterocycles. The third-order valence-electron chi connectivity index (χ3n) is 3.98. The number of amides is 3. The molecule has 3 rings (SSSR count). The van der Waals surface area contributed by atoms with E-state index in [0.717, 1.165) is 11.3 Å². The number of oxazole rings is 1. The molecule has 3 amide bonds. The van der Waals surface area contributed by atoms with Gasteiger partial charge in [0.1, 0.15) is 0 Å². The van der Waals surface area contributed by atoms with Gasteiger partial charge in [-0.1, -0.05) is 0 Å². The van der Waals surface area contributed by atoms with Crippen molar-refractivity contribution in [1.82, 2.24) is 9.88 Å². The second-order valence-electron chi connectivity index (χ2n) is 5.47. The first kappa shape index (κ1) is 17.6. The predicted molar refractivity (Wildman–Crippen MR) is 89.5 cm³/mol. The van der Waals surface area contributed by atoms with Crippen molar-refractivity contribution in [2.75, 3.05) is 11.4 Å². The van der Waals surface area contributed by atoms with E-state index < -0.39 is 17.0 Å². The van der Waals surface area contributed by atoms with E-state index in [1.165, 1.54) is 31.2 Å². The van der Waals surface area contributed by atoms with Crippen molar-refractivity contribution in [1.29, 1.82) is 5.26 Å². The lowest BCUT2D eigenvalue weighted by atomic mass is 10.1. The Morgan fingerprint density at radius 2 is 2.07 bits per heavy atom. The lowest BCUT2D eigenvalue weighted by Gasteiger charge is -2.32. The Labute approximate surface area is 151 Å². The van der Waals surface area contributed by atoms with Gasteiger partial charge in [0.05, 0.1) is 23.1 Å². The van der Waals surface area contributed by atoms with Gasteiger partial charge in [-0.2, -0.15) is 10.2 Å². The summed E-state index contributed by atoms with van der Waals surface area (Å²) in [6, 6.07) is 6.31. The molecule has 0 fully saturated rings. The molecule has 27 heavy (non-hydrogen) atoms. The van der Waals surface area contributed by atoms with Crippen molar-refractivity contribution in [2.45, 2.75) is 6.92 Å². The number of nitro groups is 1. The third kappa shape index (κ3) is 2.95. The second kappa shape index (κ2) is 6.60. The number of imide groups is 1. The van der Waals surface area contributed by atoms with Gasteiger partial charge >= 0.3 is 12.1 Å². The third-order valence-corrected chi connectivity index (χ3v) is 3.98. The summed E-state index contributed by atoms with van der Waals surface area (Å²) in [5, 5.41) is 29.3. The highest BCUT2D eigenvalue weighted by atomic mass is 16.6. The Bertz CT molecular complexity index is 1020. The van der Waals surface area contributed by atoms with Crippen molar-refractivity contribution in [3.63, 3.8) is 0 Å². The van der Waals surface area contributed by atoms with Gasteiger partial charge in [-0.3, -0.25) is 10.1 Å². The van der Waals surface area contributed by atoms with Crippen LogP contribution in [0.5, 0.6) is 0 Å². The van der Waals surface area contributed by atoms with E-state index >= 15 is 0 Å². The molecule has 0 bridgehead atoms. The fraction of sp³-hybridized carbons (Fsp3) is 0.125. The quantitative estimate of drug-likeness (QED) is 0.639. The Hall–Kier alpha value is -4.20. The molecule has 2 aromatic rings. The van der Waals surface area contributed by atoms with Gasteiger partial charge in [-0.25, -0.2) is 19.4 Å². The number of nitro benzene ring substituents is 1. The fourth-order valence-electron chi connectivity index (χ4n) is 2.59. The minimum absolute atomic E-state index is 0.0231. The molecule has 11 heteroatoms. The normalized spacial score (nSPS) is 14.3. The number of benzene rings is 1. The number of carbonyl (C=O) groups is 2. The number of carbonyl (C=O) groups excluding carboxylic acids is 1. The van der Waals surface area contributed by atoms with Crippen LogP contribution in [-0.2, 0) is 0 Å². The summed E-state index contributed by atoms with van der Waals surface area (Å²) in [4.78, 5) is 39.6. The smallest absolute Gasteiger partial charge is 0.415 e. The number of hydrogen-bond acceptors (Lipinski definition) is 7. The number of rotatable bonds is 3. The Kier molecular flexibility index (Phi) is 4.31. The average molecular weight is 369 g/mol. The van der Waals surface area contributed by atoms with Gasteiger partial charge in [0.2, 0.25) is 0 Å². The van der Waals surface area contributed by atoms with Gasteiger partial charge in [0.15, 0.2) is 18.0 Å². The predicted octanol–water partition coefficient (Wildman–Crippen LogP) is 2.97. The molecule has 0 saturated heterocycles. The molecule has 136 valence electrons. The fourth-order valence-corrected chi connectivity index (χ4v) is 2.59. The van der Waals surface area contributed by atoms with Gasteiger partial charge < -0.3 is 9.52 Å². The monoisotopic (exact) mass is 369 g/mol. The van der Waals surface area contributed by atoms with Crippen molar-refractivity contribution in [2.24, 2.45) is 0 Å². The first-order valence-electron chi connectivity index (χ1n) is 7.48. The number of nitrogens with zero attached hydrogens (tertiary/aromatic N) is 5. The van der Waals surface area contributed by atoms with E-state index in [-0.39, 0.29) is 35.1 Å². The summed E-state index contributed by atoms with van der Waals surface area (Å²) >= 11 is 0. The van der Waals surface area contributed by atoms with Crippen LogP contribution in [0.3, 0.4) is 0 Å². The van der Waals surface area contributed by atoms with Crippen LogP contribution < -0.4 is 4.90 Å². The van der Waals surface area contributed by atoms with Gasteiger partial charge in [0.25, 0.3) is 5.69 Å². The number of nitriles is 1. The molecule has 0 atom stereocenters. The van der Waals surface area contributed by atoms with Gasteiger partial charge in [-0.05, 0) is 19.1 Å². The van der Waals surface area contributed by atoms with Crippen LogP contribution in [0.15, 0.2) is 46.3 Å². The van der Waals surface area contributed by atoms with E-state index in [0.29, 0.717) is 10.5 Å². The maximum Gasteiger partial charge on any atom is 0.415 e. The van der Waals surface area contributed by atoms with Crippen LogP contribution in [0.25, 0.3) is 11.3 Å². The number of anilines is 1. The molecule has 0 unspecified atom stereocenters. The first-order valence-corrected chi connectivity index (χ1v) is 7.48. The van der Waals surface area contributed by atoms with Crippen LogP contribution in [0, 0.1) is 21.4 Å². The Morgan fingerprint density at radius 3 is 2.63 bits per heavy atom. The van der Waals surface area contributed by atoms with Crippen molar-refractivity contribution < 1.29 is 24.0 Å². The molecule has 0 saturated carbocycles. The number of allylic oxidation sites excluding steroid dienone is 1. The summed E-state index contributed by atoms with van der Waals surface area (Å²) in [5.41, 5.74) is 0.556. The lowest BCUT2D eigenvalue weighted by Crippen LogP contribution is -2.50. The van der Waals surface area contributed by atoms with Crippen LogP contribution in [0.2, 0.25) is 0 Å². The molecule has 1 aromatic heterocycles. The van der Waals surface area contributed by atoms with Crippen molar-refractivity contribution in [3.8, 4) is 17.4 Å². The second-order valence-corrected chi connectivity index (χ2v) is 5.47. The molecule has 1 N–H and O–H groups in total. The summed E-state index contributed by atoms with van der Waals surface area (Å²) < 4.78 is 5.32. The number of urea groups is 1. The minimum Gasteiger partial charge on any atom is -0.465 e. The summed E-state index contributed by atoms with van der Waals surface area (Å²) in [5.74, 6) is 0.0761. The Balaban J connectivity index is 2.10. The van der Waals surface area contributed by atoms with E-state index in [2.05, 4.69) is 4.98 Å². The van der Waals surface area contributed by atoms with E-state index in [1.807, 2.05) is 6.07 Å². The average Bonchev–Trinajstić information content (AvgIpc) is 3.11. The topological polar surface area (TPSA) is 154 Å². The molecule has 11 nitrogen and oxygen atoms in total. The van der Waals surface area contributed by atoms with Crippen LogP contribution >= 0.6 is 0 Å². The van der Waals surface area contributed by atoms with Crippen LogP contribution in [0.4, 0.5) is 21.1 Å².